The van der Waals surface area contributed by atoms with Gasteiger partial charge < -0.3 is 30.4 Å². The van der Waals surface area contributed by atoms with Gasteiger partial charge >= 0.3 is 0 Å². The van der Waals surface area contributed by atoms with Gasteiger partial charge in [0, 0.05) is 36.4 Å². The molecule has 2 aromatic carbocycles. The molecule has 3 rings (SSSR count). The fraction of sp³-hybridized carbons (Fsp3) is 0.417. The van der Waals surface area contributed by atoms with Crippen molar-refractivity contribution in [3.8, 4) is 11.5 Å². The van der Waals surface area contributed by atoms with Crippen LogP contribution in [0.5, 0.6) is 11.5 Å². The number of amidine groups is 1. The number of methoxy groups -OCH3 is 1. The van der Waals surface area contributed by atoms with Crippen molar-refractivity contribution in [2.45, 2.75) is 51.0 Å². The Kier molecular flexibility index (Phi) is 8.41. The van der Waals surface area contributed by atoms with Gasteiger partial charge in [-0.05, 0) is 32.3 Å². The molecule has 1 saturated carbocycles. The minimum atomic E-state index is -1.52. The molecule has 1 aliphatic carbocycles. The predicted molar refractivity (Wildman–Crippen MR) is 121 cm³/mol. The van der Waals surface area contributed by atoms with Crippen LogP contribution in [0.2, 0.25) is 0 Å². The van der Waals surface area contributed by atoms with Crippen LogP contribution in [-0.2, 0) is 16.1 Å². The highest BCUT2D eigenvalue weighted by atomic mass is 19.1. The van der Waals surface area contributed by atoms with Crippen molar-refractivity contribution < 1.29 is 32.9 Å². The molecule has 0 radical (unpaired) electrons. The van der Waals surface area contributed by atoms with Crippen LogP contribution in [0.1, 0.15) is 49.0 Å². The number of nitrogens with one attached hydrogen (secondary N) is 2. The first-order chi connectivity index (χ1) is 16.2. The zero-order chi connectivity index (χ0) is 24.8. The third-order valence-corrected chi connectivity index (χ3v) is 5.65. The van der Waals surface area contributed by atoms with Crippen molar-refractivity contribution in [2.75, 3.05) is 13.7 Å². The first-order valence-electron chi connectivity index (χ1n) is 11.0. The molecule has 8 nitrogen and oxygen atoms in total. The van der Waals surface area contributed by atoms with Crippen LogP contribution in [0.4, 0.5) is 8.78 Å². The van der Waals surface area contributed by atoms with Crippen molar-refractivity contribution in [3.05, 3.63) is 58.7 Å². The molecule has 2 aromatic rings. The molecule has 0 heterocycles. The summed E-state index contributed by atoms with van der Waals surface area (Å²) in [7, 11) is 1.28. The summed E-state index contributed by atoms with van der Waals surface area (Å²) < 4.78 is 45.4. The summed E-state index contributed by atoms with van der Waals surface area (Å²) in [4.78, 5) is 12.9. The van der Waals surface area contributed by atoms with E-state index in [1.165, 1.54) is 7.11 Å². The first kappa shape index (κ1) is 25.4. The quantitative estimate of drug-likeness (QED) is 0.308. The molecular weight excluding hydrogens is 448 g/mol. The Hall–Kier alpha value is -3.24. The number of hydrogen-bond donors (Lipinski definition) is 4. The Morgan fingerprint density at radius 1 is 1.26 bits per heavy atom. The maximum atomic E-state index is 14.6. The van der Waals surface area contributed by atoms with E-state index in [0.29, 0.717) is 29.7 Å². The number of nitrogen functional groups attached to an aromatic ring is 1. The summed E-state index contributed by atoms with van der Waals surface area (Å²) in [6.07, 6.45) is -0.451. The molecule has 5 N–H and O–H groups in total. The lowest BCUT2D eigenvalue weighted by molar-refractivity contribution is -0.133. The maximum absolute atomic E-state index is 14.6. The summed E-state index contributed by atoms with van der Waals surface area (Å²) in [5.41, 5.74) is 6.04. The van der Waals surface area contributed by atoms with Gasteiger partial charge in [0.05, 0.1) is 18.8 Å². The van der Waals surface area contributed by atoms with Gasteiger partial charge in [-0.1, -0.05) is 12.1 Å². The lowest BCUT2D eigenvalue weighted by atomic mass is 10.1. The number of nitrogens with two attached hydrogens (primary N) is 1. The van der Waals surface area contributed by atoms with Crippen LogP contribution in [-0.4, -0.2) is 42.8 Å². The van der Waals surface area contributed by atoms with Gasteiger partial charge in [0.15, 0.2) is 6.10 Å². The fourth-order valence-corrected chi connectivity index (χ4v) is 3.85. The highest BCUT2D eigenvalue weighted by molar-refractivity contribution is 5.95. The molecule has 1 amide bonds. The van der Waals surface area contributed by atoms with Crippen LogP contribution in [0.15, 0.2) is 30.3 Å². The summed E-state index contributed by atoms with van der Waals surface area (Å²) in [6, 6.07) is 6.77. The van der Waals surface area contributed by atoms with Crippen molar-refractivity contribution >= 4 is 11.7 Å². The van der Waals surface area contributed by atoms with Gasteiger partial charge in [-0.25, -0.2) is 8.78 Å². The van der Waals surface area contributed by atoms with E-state index >= 15 is 0 Å². The SMILES string of the molecule is CCOC(C(=O)NCc1ccc(C(=N)N)cc1OC1CCC[C@@H]1O)c1c(F)cc(OC)cc1F. The molecule has 0 aromatic heterocycles. The number of aliphatic hydroxyl groups is 1. The Morgan fingerprint density at radius 3 is 2.53 bits per heavy atom. The standard InChI is InChI=1S/C24H29F2N3O5/c1-3-33-22(21-16(25)10-15(32-2)11-17(21)26)24(31)29-12-14-8-7-13(23(27)28)9-20(14)34-19-6-4-5-18(19)30/h7-11,18-19,22,30H,3-6,12H2,1-2H3,(H3,27,28)(H,29,31)/t18-,19?,22?/m0/s1. The normalized spacial score (nSPS) is 18.4. The lowest BCUT2D eigenvalue weighted by Gasteiger charge is -2.22. The molecule has 10 heteroatoms. The van der Waals surface area contributed by atoms with E-state index < -0.39 is 41.4 Å². The molecule has 0 spiro atoms. The van der Waals surface area contributed by atoms with Crippen molar-refractivity contribution in [1.29, 1.82) is 5.41 Å². The molecule has 0 saturated heterocycles. The molecular formula is C24H29F2N3O5. The summed E-state index contributed by atoms with van der Waals surface area (Å²) in [5.74, 6) is -2.49. The zero-order valence-corrected chi connectivity index (χ0v) is 19.1. The largest absolute Gasteiger partial charge is 0.497 e. The second kappa shape index (κ2) is 11.3. The van der Waals surface area contributed by atoms with Crippen molar-refractivity contribution in [1.82, 2.24) is 5.32 Å². The topological polar surface area (TPSA) is 127 Å². The van der Waals surface area contributed by atoms with E-state index in [1.807, 2.05) is 0 Å². The van der Waals surface area contributed by atoms with Gasteiger partial charge in [-0.15, -0.1) is 0 Å². The molecule has 1 aliphatic rings. The number of aliphatic hydroxyl groups excluding tert-OH is 1. The maximum Gasteiger partial charge on any atom is 0.254 e. The lowest BCUT2D eigenvalue weighted by Crippen LogP contribution is -2.32. The van der Waals surface area contributed by atoms with Gasteiger partial charge in [0.2, 0.25) is 0 Å². The summed E-state index contributed by atoms with van der Waals surface area (Å²) in [6.45, 7) is 1.61. The smallest absolute Gasteiger partial charge is 0.254 e. The van der Waals surface area contributed by atoms with E-state index in [9.17, 15) is 18.7 Å². The van der Waals surface area contributed by atoms with E-state index in [2.05, 4.69) is 5.32 Å². The molecule has 0 aliphatic heterocycles. The monoisotopic (exact) mass is 477 g/mol. The first-order valence-corrected chi connectivity index (χ1v) is 11.0. The van der Waals surface area contributed by atoms with Crippen LogP contribution >= 0.6 is 0 Å². The van der Waals surface area contributed by atoms with E-state index in [1.54, 1.807) is 25.1 Å². The number of benzene rings is 2. The zero-order valence-electron chi connectivity index (χ0n) is 19.1. The summed E-state index contributed by atoms with van der Waals surface area (Å²) >= 11 is 0. The van der Waals surface area contributed by atoms with E-state index in [0.717, 1.165) is 18.6 Å². The van der Waals surface area contributed by atoms with Crippen LogP contribution in [0.3, 0.4) is 0 Å². The van der Waals surface area contributed by atoms with Gasteiger partial charge in [-0.2, -0.15) is 0 Å². The van der Waals surface area contributed by atoms with Gasteiger partial charge in [-0.3, -0.25) is 10.2 Å². The number of carbonyl (C=O) groups is 1. The Labute approximate surface area is 196 Å². The van der Waals surface area contributed by atoms with Crippen molar-refractivity contribution in [3.63, 3.8) is 0 Å². The second-order valence-corrected chi connectivity index (χ2v) is 7.95. The Balaban J connectivity index is 1.82. The highest BCUT2D eigenvalue weighted by Crippen LogP contribution is 2.30. The van der Waals surface area contributed by atoms with Crippen molar-refractivity contribution in [2.24, 2.45) is 5.73 Å². The van der Waals surface area contributed by atoms with Gasteiger partial charge in [0.25, 0.3) is 5.91 Å². The predicted octanol–water partition coefficient (Wildman–Crippen LogP) is 2.94. The fourth-order valence-electron chi connectivity index (χ4n) is 3.85. The third-order valence-electron chi connectivity index (χ3n) is 5.65. The molecule has 0 bridgehead atoms. The Morgan fingerprint density at radius 2 is 1.97 bits per heavy atom. The third kappa shape index (κ3) is 5.81. The number of ether oxygens (including phenoxy) is 3. The Bertz CT molecular complexity index is 1030. The molecule has 1 fully saturated rings. The molecule has 3 atom stereocenters. The highest BCUT2D eigenvalue weighted by Gasteiger charge is 2.30. The molecule has 34 heavy (non-hydrogen) atoms. The number of hydrogen-bond acceptors (Lipinski definition) is 6. The second-order valence-electron chi connectivity index (χ2n) is 7.95. The minimum absolute atomic E-state index is 0.0177. The van der Waals surface area contributed by atoms with E-state index in [4.69, 9.17) is 25.4 Å². The number of rotatable bonds is 10. The average Bonchev–Trinajstić information content (AvgIpc) is 3.20. The van der Waals surface area contributed by atoms with Crippen LogP contribution < -0.4 is 20.5 Å². The van der Waals surface area contributed by atoms with Crippen LogP contribution in [0, 0.1) is 17.0 Å². The minimum Gasteiger partial charge on any atom is -0.497 e. The average molecular weight is 478 g/mol. The van der Waals surface area contributed by atoms with E-state index in [-0.39, 0.29) is 24.7 Å². The molecule has 2 unspecified atom stereocenters. The number of carbonyl (C=O) groups excluding carboxylic acids is 1. The number of halogens is 2. The van der Waals surface area contributed by atoms with Crippen LogP contribution in [0.25, 0.3) is 0 Å². The molecule has 184 valence electrons. The number of amides is 1. The summed E-state index contributed by atoms with van der Waals surface area (Å²) in [5, 5.41) is 20.4. The van der Waals surface area contributed by atoms with Gasteiger partial charge in [0.1, 0.15) is 35.1 Å².